The van der Waals surface area contributed by atoms with Crippen LogP contribution in [0.1, 0.15) is 32.6 Å². The van der Waals surface area contributed by atoms with Crippen LogP contribution < -0.4 is 0 Å². The third-order valence-electron chi connectivity index (χ3n) is 1.95. The molecule has 0 radical (unpaired) electrons. The lowest BCUT2D eigenvalue weighted by Crippen LogP contribution is -1.81. The van der Waals surface area contributed by atoms with Gasteiger partial charge < -0.3 is 8.83 Å². The molecule has 0 atom stereocenters. The van der Waals surface area contributed by atoms with Crippen molar-refractivity contribution >= 4 is 12.6 Å². The summed E-state index contributed by atoms with van der Waals surface area (Å²) in [4.78, 5) is 20.7. The van der Waals surface area contributed by atoms with Crippen LogP contribution in [0, 0.1) is 0 Å². The van der Waals surface area contributed by atoms with Gasteiger partial charge in [0.1, 0.15) is 11.5 Å². The quantitative estimate of drug-likeness (QED) is 0.715. The summed E-state index contributed by atoms with van der Waals surface area (Å²) in [6.07, 6.45) is 1.71. The van der Waals surface area contributed by atoms with Crippen LogP contribution in [0.2, 0.25) is 0 Å². The van der Waals surface area contributed by atoms with Crippen LogP contribution in [0.15, 0.2) is 33.1 Å². The summed E-state index contributed by atoms with van der Waals surface area (Å²) in [5.41, 5.74) is 0. The van der Waals surface area contributed by atoms with Crippen LogP contribution in [0.5, 0.6) is 0 Å². The first kappa shape index (κ1) is 9.45. The number of carbonyl (C=O) groups is 2. The van der Waals surface area contributed by atoms with Gasteiger partial charge in [0.05, 0.1) is 6.42 Å². The molecule has 0 bridgehead atoms. The Balaban J connectivity index is 2.13. The standard InChI is InChI=1S/C11H8O4/c12-6-10-3-1-8(14-10)5-9-2-4-11(7-13)15-9/h1-4,6-7H,5H2. The number of furan rings is 2. The van der Waals surface area contributed by atoms with Gasteiger partial charge in [-0.1, -0.05) is 0 Å². The maximum atomic E-state index is 10.4. The highest BCUT2D eigenvalue weighted by Crippen LogP contribution is 2.14. The predicted octanol–water partition coefficient (Wildman–Crippen LogP) is 2.09. The van der Waals surface area contributed by atoms with E-state index in [2.05, 4.69) is 0 Å². The van der Waals surface area contributed by atoms with Gasteiger partial charge in [0.25, 0.3) is 0 Å². The van der Waals surface area contributed by atoms with Crippen LogP contribution in [0.4, 0.5) is 0 Å². The molecule has 0 aliphatic rings. The zero-order valence-electron chi connectivity index (χ0n) is 7.80. The molecule has 2 rings (SSSR count). The molecule has 4 nitrogen and oxygen atoms in total. The minimum atomic E-state index is 0.284. The van der Waals surface area contributed by atoms with E-state index in [0.29, 0.717) is 30.5 Å². The first-order valence-corrected chi connectivity index (χ1v) is 4.39. The molecule has 0 N–H and O–H groups in total. The smallest absolute Gasteiger partial charge is 0.185 e. The molecule has 0 aromatic carbocycles. The molecule has 76 valence electrons. The molecule has 0 saturated carbocycles. The van der Waals surface area contributed by atoms with Crippen molar-refractivity contribution in [2.75, 3.05) is 0 Å². The fraction of sp³-hybridized carbons (Fsp3) is 0.0909. The van der Waals surface area contributed by atoms with Crippen molar-refractivity contribution in [2.24, 2.45) is 0 Å². The fourth-order valence-corrected chi connectivity index (χ4v) is 1.28. The predicted molar refractivity (Wildman–Crippen MR) is 51.0 cm³/mol. The zero-order valence-corrected chi connectivity index (χ0v) is 7.80. The minimum absolute atomic E-state index is 0.284. The lowest BCUT2D eigenvalue weighted by molar-refractivity contribution is 0.109. The Labute approximate surface area is 85.5 Å². The van der Waals surface area contributed by atoms with Gasteiger partial charge in [-0.25, -0.2) is 0 Å². The first-order chi connectivity index (χ1) is 7.31. The first-order valence-electron chi connectivity index (χ1n) is 4.39. The average molecular weight is 204 g/mol. The summed E-state index contributed by atoms with van der Waals surface area (Å²) in [6, 6.07) is 6.58. The summed E-state index contributed by atoms with van der Waals surface area (Å²) < 4.78 is 10.3. The van der Waals surface area contributed by atoms with Gasteiger partial charge in [0, 0.05) is 0 Å². The Morgan fingerprint density at radius 3 is 1.67 bits per heavy atom. The normalized spacial score (nSPS) is 10.1. The summed E-state index contributed by atoms with van der Waals surface area (Å²) in [5.74, 6) is 1.83. The number of carbonyl (C=O) groups excluding carboxylic acids is 2. The molecule has 2 aromatic rings. The van der Waals surface area contributed by atoms with E-state index in [9.17, 15) is 9.59 Å². The Kier molecular flexibility index (Phi) is 2.49. The van der Waals surface area contributed by atoms with Gasteiger partial charge in [0.2, 0.25) is 0 Å². The highest BCUT2D eigenvalue weighted by Gasteiger charge is 2.06. The molecular weight excluding hydrogens is 196 g/mol. The van der Waals surface area contributed by atoms with E-state index in [1.165, 1.54) is 0 Å². The van der Waals surface area contributed by atoms with Gasteiger partial charge in [-0.05, 0) is 24.3 Å². The van der Waals surface area contributed by atoms with Crippen LogP contribution in [0.25, 0.3) is 0 Å². The Hall–Kier alpha value is -2.10. The van der Waals surface area contributed by atoms with E-state index in [-0.39, 0.29) is 11.5 Å². The van der Waals surface area contributed by atoms with Crippen molar-refractivity contribution in [1.29, 1.82) is 0 Å². The minimum Gasteiger partial charge on any atom is -0.458 e. The van der Waals surface area contributed by atoms with E-state index in [1.54, 1.807) is 24.3 Å². The lowest BCUT2D eigenvalue weighted by atomic mass is 10.3. The van der Waals surface area contributed by atoms with Gasteiger partial charge in [-0.2, -0.15) is 0 Å². The van der Waals surface area contributed by atoms with E-state index in [4.69, 9.17) is 8.83 Å². The second-order valence-corrected chi connectivity index (χ2v) is 3.02. The van der Waals surface area contributed by atoms with Gasteiger partial charge >= 0.3 is 0 Å². The van der Waals surface area contributed by atoms with Crippen molar-refractivity contribution in [2.45, 2.75) is 6.42 Å². The summed E-state index contributed by atoms with van der Waals surface area (Å²) in [5, 5.41) is 0. The number of hydrogen-bond acceptors (Lipinski definition) is 4. The summed E-state index contributed by atoms with van der Waals surface area (Å²) in [6.45, 7) is 0. The lowest BCUT2D eigenvalue weighted by Gasteiger charge is -1.91. The molecular formula is C11H8O4. The number of aldehydes is 2. The second-order valence-electron chi connectivity index (χ2n) is 3.02. The van der Waals surface area contributed by atoms with Gasteiger partial charge in [-0.15, -0.1) is 0 Å². The maximum absolute atomic E-state index is 10.4. The summed E-state index contributed by atoms with van der Waals surface area (Å²) >= 11 is 0. The maximum Gasteiger partial charge on any atom is 0.185 e. The monoisotopic (exact) mass is 204 g/mol. The molecule has 0 aliphatic carbocycles. The molecule has 0 aliphatic heterocycles. The average Bonchev–Trinajstić information content (AvgIpc) is 2.87. The molecule has 2 heterocycles. The van der Waals surface area contributed by atoms with Crippen molar-refractivity contribution in [3.05, 3.63) is 47.3 Å². The molecule has 4 heteroatoms. The van der Waals surface area contributed by atoms with Crippen LogP contribution in [-0.4, -0.2) is 12.6 Å². The molecule has 0 fully saturated rings. The molecule has 0 unspecified atom stereocenters. The largest absolute Gasteiger partial charge is 0.458 e. The Bertz CT molecular complexity index is 434. The molecule has 15 heavy (non-hydrogen) atoms. The van der Waals surface area contributed by atoms with Crippen molar-refractivity contribution in [3.8, 4) is 0 Å². The second kappa shape index (κ2) is 3.96. The van der Waals surface area contributed by atoms with E-state index in [0.717, 1.165) is 0 Å². The van der Waals surface area contributed by atoms with Crippen LogP contribution >= 0.6 is 0 Å². The molecule has 2 aromatic heterocycles. The Morgan fingerprint density at radius 1 is 0.867 bits per heavy atom. The highest BCUT2D eigenvalue weighted by molar-refractivity contribution is 5.70. The van der Waals surface area contributed by atoms with Crippen molar-refractivity contribution < 1.29 is 18.4 Å². The highest BCUT2D eigenvalue weighted by atomic mass is 16.4. The van der Waals surface area contributed by atoms with Gasteiger partial charge in [0.15, 0.2) is 24.1 Å². The number of hydrogen-bond donors (Lipinski definition) is 0. The van der Waals surface area contributed by atoms with E-state index < -0.39 is 0 Å². The molecule has 0 saturated heterocycles. The molecule has 0 amide bonds. The topological polar surface area (TPSA) is 60.4 Å². The van der Waals surface area contributed by atoms with Crippen LogP contribution in [0.3, 0.4) is 0 Å². The van der Waals surface area contributed by atoms with E-state index in [1.807, 2.05) is 0 Å². The zero-order chi connectivity index (χ0) is 10.7. The summed E-state index contributed by atoms with van der Waals surface area (Å²) in [7, 11) is 0. The van der Waals surface area contributed by atoms with Crippen molar-refractivity contribution in [1.82, 2.24) is 0 Å². The third kappa shape index (κ3) is 2.04. The molecule has 0 spiro atoms. The third-order valence-corrected chi connectivity index (χ3v) is 1.95. The fourth-order valence-electron chi connectivity index (χ4n) is 1.28. The number of rotatable bonds is 4. The van der Waals surface area contributed by atoms with Gasteiger partial charge in [-0.3, -0.25) is 9.59 Å². The van der Waals surface area contributed by atoms with Crippen molar-refractivity contribution in [3.63, 3.8) is 0 Å². The SMILES string of the molecule is O=Cc1ccc(Cc2ccc(C=O)o2)o1. The van der Waals surface area contributed by atoms with E-state index >= 15 is 0 Å². The Morgan fingerprint density at radius 2 is 1.33 bits per heavy atom. The van der Waals surface area contributed by atoms with Crippen LogP contribution in [-0.2, 0) is 6.42 Å².